The zero-order chi connectivity index (χ0) is 15.2. The molecule has 0 aliphatic rings. The molecule has 2 N–H and O–H groups in total. The monoisotopic (exact) mass is 285 g/mol. The number of hydrogen-bond donors (Lipinski definition) is 1. The Bertz CT molecular complexity index is 700. The van der Waals surface area contributed by atoms with Crippen molar-refractivity contribution in [3.63, 3.8) is 0 Å². The van der Waals surface area contributed by atoms with Gasteiger partial charge in [-0.1, -0.05) is 0 Å². The van der Waals surface area contributed by atoms with Gasteiger partial charge in [-0.3, -0.25) is 0 Å². The Kier molecular flexibility index (Phi) is 4.41. The topological polar surface area (TPSA) is 98.4 Å². The highest BCUT2D eigenvalue weighted by atomic mass is 16.5. The molecule has 0 spiro atoms. The molecule has 21 heavy (non-hydrogen) atoms. The normalized spacial score (nSPS) is 10.5. The molecule has 2 aromatic rings. The van der Waals surface area contributed by atoms with Crippen LogP contribution >= 0.6 is 0 Å². The van der Waals surface area contributed by atoms with Crippen molar-refractivity contribution in [2.45, 2.75) is 6.92 Å². The van der Waals surface area contributed by atoms with Crippen LogP contribution in [0.5, 0.6) is 11.5 Å². The number of anilines is 1. The molecule has 0 amide bonds. The lowest BCUT2D eigenvalue weighted by atomic mass is 10.2. The largest absolute Gasteiger partial charge is 0.497 e. The molecule has 0 saturated carbocycles. The molecule has 0 aliphatic heterocycles. The first-order valence-electron chi connectivity index (χ1n) is 6.17. The molecule has 1 aromatic carbocycles. The Morgan fingerprint density at radius 3 is 2.95 bits per heavy atom. The van der Waals surface area contributed by atoms with Crippen LogP contribution in [0, 0.1) is 18.3 Å². The standard InChI is InChI=1S/C14H15N5O2/c1-10-9-19(14(16)18-10)17-8-11-3-4-12(20-2)7-13(11)21-6-5-15/h3-4,7-9H,6H2,1-2H3,(H2,16,18). The summed E-state index contributed by atoms with van der Waals surface area (Å²) in [4.78, 5) is 4.06. The number of nitriles is 1. The summed E-state index contributed by atoms with van der Waals surface area (Å²) in [6.07, 6.45) is 3.30. The molecule has 0 fully saturated rings. The minimum absolute atomic E-state index is 0.0552. The van der Waals surface area contributed by atoms with E-state index >= 15 is 0 Å². The van der Waals surface area contributed by atoms with Crippen LogP contribution in [0.25, 0.3) is 0 Å². The van der Waals surface area contributed by atoms with Gasteiger partial charge >= 0.3 is 0 Å². The molecule has 108 valence electrons. The van der Waals surface area contributed by atoms with Crippen LogP contribution < -0.4 is 15.2 Å². The fourth-order valence-electron chi connectivity index (χ4n) is 1.70. The van der Waals surface area contributed by atoms with Gasteiger partial charge in [0.1, 0.15) is 17.6 Å². The molecule has 0 aliphatic carbocycles. The summed E-state index contributed by atoms with van der Waals surface area (Å²) in [6, 6.07) is 7.19. The highest BCUT2D eigenvalue weighted by molar-refractivity contribution is 5.84. The second-order valence-electron chi connectivity index (χ2n) is 4.18. The molecule has 0 unspecified atom stereocenters. The molecule has 0 bridgehead atoms. The van der Waals surface area contributed by atoms with Gasteiger partial charge in [-0.05, 0) is 19.1 Å². The van der Waals surface area contributed by atoms with E-state index in [1.807, 2.05) is 13.0 Å². The first-order chi connectivity index (χ1) is 10.1. The molecule has 1 heterocycles. The number of benzene rings is 1. The van der Waals surface area contributed by atoms with E-state index in [1.54, 1.807) is 37.7 Å². The van der Waals surface area contributed by atoms with E-state index in [0.29, 0.717) is 23.0 Å². The second kappa shape index (κ2) is 6.43. The van der Waals surface area contributed by atoms with E-state index in [-0.39, 0.29) is 6.61 Å². The van der Waals surface area contributed by atoms with E-state index in [4.69, 9.17) is 20.5 Å². The lowest BCUT2D eigenvalue weighted by molar-refractivity contribution is 0.361. The fourth-order valence-corrected chi connectivity index (χ4v) is 1.70. The lowest BCUT2D eigenvalue weighted by Gasteiger charge is -2.08. The Morgan fingerprint density at radius 2 is 2.33 bits per heavy atom. The third kappa shape index (κ3) is 3.51. The average molecular weight is 285 g/mol. The summed E-state index contributed by atoms with van der Waals surface area (Å²) in [7, 11) is 1.56. The van der Waals surface area contributed by atoms with Crippen molar-refractivity contribution >= 4 is 12.2 Å². The van der Waals surface area contributed by atoms with Gasteiger partial charge in [0.15, 0.2) is 6.61 Å². The summed E-state index contributed by atoms with van der Waals surface area (Å²) in [5.41, 5.74) is 7.20. The highest BCUT2D eigenvalue weighted by Crippen LogP contribution is 2.23. The number of rotatable bonds is 5. The number of nitrogens with zero attached hydrogens (tertiary/aromatic N) is 4. The Labute approximate surface area is 122 Å². The summed E-state index contributed by atoms with van der Waals surface area (Å²) in [5, 5.41) is 12.8. The number of methoxy groups -OCH3 is 1. The number of nitrogens with two attached hydrogens (primary N) is 1. The van der Waals surface area contributed by atoms with Crippen molar-refractivity contribution in [3.05, 3.63) is 35.7 Å². The van der Waals surface area contributed by atoms with Gasteiger partial charge in [0.05, 0.1) is 25.2 Å². The molecule has 0 saturated heterocycles. The van der Waals surface area contributed by atoms with Gasteiger partial charge in [-0.25, -0.2) is 9.66 Å². The first kappa shape index (κ1) is 14.4. The van der Waals surface area contributed by atoms with Gasteiger partial charge < -0.3 is 15.2 Å². The van der Waals surface area contributed by atoms with Crippen molar-refractivity contribution in [2.24, 2.45) is 5.10 Å². The average Bonchev–Trinajstić information content (AvgIpc) is 2.81. The van der Waals surface area contributed by atoms with Crippen LogP contribution in [0.1, 0.15) is 11.3 Å². The van der Waals surface area contributed by atoms with E-state index in [9.17, 15) is 0 Å². The SMILES string of the molecule is COc1ccc(C=Nn2cc(C)nc2N)c(OCC#N)c1. The van der Waals surface area contributed by atoms with Crippen LogP contribution in [-0.2, 0) is 0 Å². The smallest absolute Gasteiger partial charge is 0.221 e. The van der Waals surface area contributed by atoms with Crippen molar-refractivity contribution in [2.75, 3.05) is 19.5 Å². The maximum Gasteiger partial charge on any atom is 0.221 e. The summed E-state index contributed by atoms with van der Waals surface area (Å²) in [6.45, 7) is 1.78. The Morgan fingerprint density at radius 1 is 1.52 bits per heavy atom. The molecule has 0 atom stereocenters. The second-order valence-corrected chi connectivity index (χ2v) is 4.18. The maximum atomic E-state index is 8.62. The third-order valence-corrected chi connectivity index (χ3v) is 2.67. The zero-order valence-electron chi connectivity index (χ0n) is 11.8. The molecular formula is C14H15N5O2. The van der Waals surface area contributed by atoms with Crippen molar-refractivity contribution < 1.29 is 9.47 Å². The van der Waals surface area contributed by atoms with Gasteiger partial charge in [0, 0.05) is 11.6 Å². The first-order valence-corrected chi connectivity index (χ1v) is 6.17. The van der Waals surface area contributed by atoms with Gasteiger partial charge in [-0.15, -0.1) is 0 Å². The van der Waals surface area contributed by atoms with E-state index in [2.05, 4.69) is 10.1 Å². The summed E-state index contributed by atoms with van der Waals surface area (Å²) in [5.74, 6) is 1.45. The van der Waals surface area contributed by atoms with Crippen molar-refractivity contribution in [1.29, 1.82) is 5.26 Å². The Hall–Kier alpha value is -3.01. The van der Waals surface area contributed by atoms with Gasteiger partial charge in [-0.2, -0.15) is 10.4 Å². The van der Waals surface area contributed by atoms with Gasteiger partial charge in [0.2, 0.25) is 5.95 Å². The number of hydrogen-bond acceptors (Lipinski definition) is 6. The Balaban J connectivity index is 2.30. The van der Waals surface area contributed by atoms with Gasteiger partial charge in [0.25, 0.3) is 0 Å². The quantitative estimate of drug-likeness (QED) is 0.841. The molecule has 7 heteroatoms. The predicted molar refractivity (Wildman–Crippen MR) is 78.5 cm³/mol. The van der Waals surface area contributed by atoms with E-state index in [0.717, 1.165) is 5.69 Å². The number of nitrogen functional groups attached to an aromatic ring is 1. The number of ether oxygens (including phenoxy) is 2. The maximum absolute atomic E-state index is 8.62. The van der Waals surface area contributed by atoms with Crippen molar-refractivity contribution in [3.8, 4) is 17.6 Å². The molecule has 0 radical (unpaired) electrons. The highest BCUT2D eigenvalue weighted by Gasteiger charge is 2.05. The van der Waals surface area contributed by atoms with Crippen LogP contribution in [-0.4, -0.2) is 29.6 Å². The van der Waals surface area contributed by atoms with E-state index in [1.165, 1.54) is 4.68 Å². The fraction of sp³-hybridized carbons (Fsp3) is 0.214. The van der Waals surface area contributed by atoms with Crippen molar-refractivity contribution in [1.82, 2.24) is 9.66 Å². The van der Waals surface area contributed by atoms with Crippen LogP contribution in [0.4, 0.5) is 5.95 Å². The molecule has 2 rings (SSSR count). The molecular weight excluding hydrogens is 270 g/mol. The number of imidazole rings is 1. The molecule has 7 nitrogen and oxygen atoms in total. The van der Waals surface area contributed by atoms with Crippen LogP contribution in [0.2, 0.25) is 0 Å². The lowest BCUT2D eigenvalue weighted by Crippen LogP contribution is -2.00. The molecule has 1 aromatic heterocycles. The van der Waals surface area contributed by atoms with Crippen LogP contribution in [0.15, 0.2) is 29.5 Å². The predicted octanol–water partition coefficient (Wildman–Crippen LogP) is 1.57. The summed E-state index contributed by atoms with van der Waals surface area (Å²) >= 11 is 0. The minimum atomic E-state index is -0.0552. The van der Waals surface area contributed by atoms with E-state index < -0.39 is 0 Å². The number of aryl methyl sites for hydroxylation is 1. The van der Waals surface area contributed by atoms with Crippen LogP contribution in [0.3, 0.4) is 0 Å². The zero-order valence-corrected chi connectivity index (χ0v) is 11.8. The minimum Gasteiger partial charge on any atom is -0.497 e. The third-order valence-electron chi connectivity index (χ3n) is 2.67. The summed E-state index contributed by atoms with van der Waals surface area (Å²) < 4.78 is 12.0. The number of aromatic nitrogens is 2.